The average molecular weight is 530 g/mol. The molecule has 36 heavy (non-hydrogen) atoms. The van der Waals surface area contributed by atoms with Crippen molar-refractivity contribution in [3.05, 3.63) is 47.0 Å². The lowest BCUT2D eigenvalue weighted by atomic mass is 9.93. The number of ether oxygens (including phenoxy) is 2. The van der Waals surface area contributed by atoms with E-state index in [1.165, 1.54) is 10.9 Å². The molecule has 2 aromatic heterocycles. The van der Waals surface area contributed by atoms with Gasteiger partial charge in [-0.05, 0) is 23.7 Å². The van der Waals surface area contributed by atoms with Crippen LogP contribution in [0.4, 0.5) is 14.6 Å². The highest BCUT2D eigenvalue weighted by atomic mass is 35.5. The highest BCUT2D eigenvalue weighted by Gasteiger charge is 2.52. The van der Waals surface area contributed by atoms with Gasteiger partial charge in [-0.15, -0.1) is 0 Å². The third kappa shape index (κ3) is 4.31. The summed E-state index contributed by atoms with van der Waals surface area (Å²) < 4.78 is 40.2. The van der Waals surface area contributed by atoms with Gasteiger partial charge < -0.3 is 35.6 Å². The van der Waals surface area contributed by atoms with Crippen LogP contribution in [0.15, 0.2) is 24.5 Å². The predicted molar refractivity (Wildman–Crippen MR) is 115 cm³/mol. The first-order valence-electron chi connectivity index (χ1n) is 10.2. The quantitative estimate of drug-likeness (QED) is 0.195. The zero-order chi connectivity index (χ0) is 26.4. The Kier molecular flexibility index (Phi) is 6.76. The van der Waals surface area contributed by atoms with Gasteiger partial charge in [0.25, 0.3) is 5.60 Å². The number of aliphatic hydroxyl groups excluding tert-OH is 2. The fraction of sp³-hybridized carbons (Fsp3) is 0.350. The molecule has 3 aromatic rings. The van der Waals surface area contributed by atoms with E-state index in [4.69, 9.17) is 26.8 Å². The van der Waals surface area contributed by atoms with E-state index in [1.54, 1.807) is 0 Å². The van der Waals surface area contributed by atoms with Crippen molar-refractivity contribution < 1.29 is 48.3 Å². The number of aromatic nitrogens is 4. The molecule has 1 aliphatic rings. The lowest BCUT2D eigenvalue weighted by Crippen LogP contribution is -2.53. The van der Waals surface area contributed by atoms with Crippen molar-refractivity contribution in [3.63, 3.8) is 0 Å². The van der Waals surface area contributed by atoms with Gasteiger partial charge in [-0.1, -0.05) is 6.07 Å². The van der Waals surface area contributed by atoms with Crippen LogP contribution >= 0.6 is 11.6 Å². The van der Waals surface area contributed by atoms with Gasteiger partial charge in [-0.25, -0.2) is 23.4 Å². The number of aliphatic hydroxyl groups is 2. The number of nitrogens with two attached hydrogens (primary N) is 1. The first-order valence-corrected chi connectivity index (χ1v) is 10.5. The second-order valence-corrected chi connectivity index (χ2v) is 8.21. The number of halogens is 3. The number of aliphatic carboxylic acids is 2. The Labute approximate surface area is 204 Å². The van der Waals surface area contributed by atoms with Crippen molar-refractivity contribution in [1.29, 1.82) is 0 Å². The molecular formula is C20H18ClF2N5O8. The van der Waals surface area contributed by atoms with Gasteiger partial charge in [0.2, 0.25) is 5.28 Å². The number of carbonyl (C=O) groups is 2. The average Bonchev–Trinajstić information content (AvgIpc) is 3.34. The van der Waals surface area contributed by atoms with Crippen LogP contribution in [0.25, 0.3) is 11.2 Å². The lowest BCUT2D eigenvalue weighted by Gasteiger charge is -2.27. The Balaban J connectivity index is 1.60. The molecule has 1 aromatic carbocycles. The number of fused-ring (bicyclic) bond motifs is 1. The molecular weight excluding hydrogens is 512 g/mol. The summed E-state index contributed by atoms with van der Waals surface area (Å²) in [5, 5.41) is 40.1. The maximum Gasteiger partial charge on any atom is 0.348 e. The number of carboxylic acid groups (broad SMARTS) is 2. The Bertz CT molecular complexity index is 1310. The van der Waals surface area contributed by atoms with Gasteiger partial charge in [-0.2, -0.15) is 9.97 Å². The summed E-state index contributed by atoms with van der Waals surface area (Å²) in [6.07, 6.45) is -6.20. The van der Waals surface area contributed by atoms with E-state index in [2.05, 4.69) is 15.0 Å². The summed E-state index contributed by atoms with van der Waals surface area (Å²) in [5.74, 6) is -6.52. The minimum atomic E-state index is -3.15. The molecule has 0 radical (unpaired) electrons. The molecule has 4 rings (SSSR count). The minimum Gasteiger partial charge on any atom is -0.479 e. The van der Waals surface area contributed by atoms with E-state index >= 15 is 0 Å². The van der Waals surface area contributed by atoms with E-state index in [0.29, 0.717) is 0 Å². The molecule has 3 heterocycles. The predicted octanol–water partition coefficient (Wildman–Crippen LogP) is 0.127. The van der Waals surface area contributed by atoms with Crippen LogP contribution < -0.4 is 5.73 Å². The Morgan fingerprint density at radius 1 is 1.17 bits per heavy atom. The normalized spacial score (nSPS) is 22.2. The number of nitrogen functional groups attached to an aromatic ring is 1. The molecule has 192 valence electrons. The second-order valence-electron chi connectivity index (χ2n) is 7.87. The standard InChI is InChI=1S/C20H18ClF2N5O8/c21-19-26-14(24)11-15(27-19)28(6-25-11)16-13(30)12(29)10(36-16)5-35-20(17(31)32,18(33)34)4-7-8(22)2-1-3-9(7)23/h1-3,6,10,12-13,16,29-30H,4-5H2,(H,31,32)(H,33,34)(H2,24,26,27)/t10-,12+,13-,16-/m1/s1. The van der Waals surface area contributed by atoms with Gasteiger partial charge in [0.1, 0.15) is 35.5 Å². The van der Waals surface area contributed by atoms with Crippen LogP contribution in [0, 0.1) is 11.6 Å². The van der Waals surface area contributed by atoms with Gasteiger partial charge in [0.05, 0.1) is 12.9 Å². The Morgan fingerprint density at radius 3 is 2.42 bits per heavy atom. The first kappa shape index (κ1) is 25.6. The molecule has 0 aliphatic carbocycles. The van der Waals surface area contributed by atoms with Crippen molar-refractivity contribution in [3.8, 4) is 0 Å². The third-order valence-corrected chi connectivity index (χ3v) is 5.87. The van der Waals surface area contributed by atoms with Gasteiger partial charge in [0, 0.05) is 12.0 Å². The molecule has 13 nitrogen and oxygen atoms in total. The molecule has 6 N–H and O–H groups in total. The molecule has 4 atom stereocenters. The van der Waals surface area contributed by atoms with Crippen LogP contribution in [0.2, 0.25) is 5.28 Å². The zero-order valence-corrected chi connectivity index (χ0v) is 18.7. The van der Waals surface area contributed by atoms with E-state index < -0.39 is 72.3 Å². The molecule has 0 unspecified atom stereocenters. The summed E-state index contributed by atoms with van der Waals surface area (Å²) in [4.78, 5) is 35.6. The van der Waals surface area contributed by atoms with E-state index in [1.807, 2.05) is 0 Å². The van der Waals surface area contributed by atoms with E-state index in [9.17, 15) is 38.8 Å². The number of rotatable bonds is 8. The number of benzene rings is 1. The van der Waals surface area contributed by atoms with Gasteiger partial charge in [-0.3, -0.25) is 4.57 Å². The minimum absolute atomic E-state index is 0.0470. The van der Waals surface area contributed by atoms with Crippen molar-refractivity contribution >= 4 is 40.5 Å². The highest BCUT2D eigenvalue weighted by molar-refractivity contribution is 6.28. The van der Waals surface area contributed by atoms with Gasteiger partial charge >= 0.3 is 11.9 Å². The fourth-order valence-corrected chi connectivity index (χ4v) is 3.96. The van der Waals surface area contributed by atoms with Crippen LogP contribution in [0.1, 0.15) is 11.8 Å². The molecule has 0 spiro atoms. The maximum absolute atomic E-state index is 14.1. The van der Waals surface area contributed by atoms with E-state index in [0.717, 1.165) is 18.2 Å². The van der Waals surface area contributed by atoms with Crippen LogP contribution in [0.5, 0.6) is 0 Å². The van der Waals surface area contributed by atoms with Crippen molar-refractivity contribution in [2.75, 3.05) is 12.3 Å². The van der Waals surface area contributed by atoms with Crippen LogP contribution in [-0.4, -0.2) is 82.4 Å². The summed E-state index contributed by atoms with van der Waals surface area (Å²) in [7, 11) is 0. The van der Waals surface area contributed by atoms with Crippen molar-refractivity contribution in [2.45, 2.75) is 36.6 Å². The monoisotopic (exact) mass is 529 g/mol. The fourth-order valence-electron chi connectivity index (χ4n) is 3.79. The lowest BCUT2D eigenvalue weighted by molar-refractivity contribution is -0.190. The third-order valence-electron chi connectivity index (χ3n) is 5.70. The molecule has 0 amide bonds. The molecule has 0 bridgehead atoms. The highest BCUT2D eigenvalue weighted by Crippen LogP contribution is 2.34. The Morgan fingerprint density at radius 2 is 1.81 bits per heavy atom. The van der Waals surface area contributed by atoms with E-state index in [-0.39, 0.29) is 22.3 Å². The summed E-state index contributed by atoms with van der Waals surface area (Å²) in [6.45, 7) is -0.895. The second kappa shape index (κ2) is 9.51. The number of imidazole rings is 1. The van der Waals surface area contributed by atoms with Crippen molar-refractivity contribution in [1.82, 2.24) is 19.5 Å². The molecule has 1 aliphatic heterocycles. The summed E-state index contributed by atoms with van der Waals surface area (Å²) in [5.41, 5.74) is 1.94. The largest absolute Gasteiger partial charge is 0.479 e. The zero-order valence-electron chi connectivity index (χ0n) is 18.0. The number of hydrogen-bond donors (Lipinski definition) is 5. The SMILES string of the molecule is Nc1nc(Cl)nc2c1ncn2[C@@H]1O[C@H](COC(Cc2c(F)cccc2F)(C(=O)O)C(=O)O)[C@H](O)[C@H]1O. The smallest absolute Gasteiger partial charge is 0.348 e. The molecule has 1 saturated heterocycles. The first-order chi connectivity index (χ1) is 17.0. The number of hydrogen-bond acceptors (Lipinski definition) is 10. The Hall–Kier alpha value is -3.50. The van der Waals surface area contributed by atoms with Crippen LogP contribution in [-0.2, 0) is 25.5 Å². The maximum atomic E-state index is 14.1. The number of carboxylic acids is 2. The van der Waals surface area contributed by atoms with Crippen molar-refractivity contribution in [2.24, 2.45) is 0 Å². The van der Waals surface area contributed by atoms with Gasteiger partial charge in [0.15, 0.2) is 17.7 Å². The molecule has 0 saturated carbocycles. The number of anilines is 1. The molecule has 1 fully saturated rings. The topological polar surface area (TPSA) is 203 Å². The van der Waals surface area contributed by atoms with Crippen LogP contribution in [0.3, 0.4) is 0 Å². The summed E-state index contributed by atoms with van der Waals surface area (Å²) in [6, 6.07) is 2.68. The number of nitrogens with zero attached hydrogens (tertiary/aromatic N) is 4. The summed E-state index contributed by atoms with van der Waals surface area (Å²) >= 11 is 5.82. The molecule has 16 heteroatoms.